The van der Waals surface area contributed by atoms with Gasteiger partial charge in [0.25, 0.3) is 5.91 Å². The summed E-state index contributed by atoms with van der Waals surface area (Å²) in [6.45, 7) is 3.70. The van der Waals surface area contributed by atoms with Crippen molar-refractivity contribution >= 4 is 34.3 Å². The minimum atomic E-state index is -0.410. The van der Waals surface area contributed by atoms with Crippen LogP contribution in [0.3, 0.4) is 0 Å². The summed E-state index contributed by atoms with van der Waals surface area (Å²) in [6, 6.07) is 33.3. The first kappa shape index (κ1) is 30.6. The molecule has 4 aromatic carbocycles. The number of ether oxygens (including phenoxy) is 1. The average Bonchev–Trinajstić information content (AvgIpc) is 3.80. The summed E-state index contributed by atoms with van der Waals surface area (Å²) in [4.78, 5) is 33.0. The van der Waals surface area contributed by atoms with Crippen LogP contribution in [0.15, 0.2) is 115 Å². The van der Waals surface area contributed by atoms with E-state index in [4.69, 9.17) is 4.74 Å². The number of carbonyl (C=O) groups is 2. The van der Waals surface area contributed by atoms with Gasteiger partial charge in [0, 0.05) is 47.1 Å². The predicted molar refractivity (Wildman–Crippen MR) is 188 cm³/mol. The molecule has 3 heterocycles. The zero-order chi connectivity index (χ0) is 32.7. The van der Waals surface area contributed by atoms with Gasteiger partial charge in [0.05, 0.1) is 5.69 Å². The number of hydrogen-bond donors (Lipinski definition) is 4. The molecular weight excluding hydrogens is 602 g/mol. The molecule has 1 aliphatic rings. The molecule has 10 nitrogen and oxygen atoms in total. The van der Waals surface area contributed by atoms with E-state index in [0.717, 1.165) is 41.7 Å². The molecule has 0 radical (unpaired) electrons. The lowest BCUT2D eigenvalue weighted by Gasteiger charge is -2.14. The lowest BCUT2D eigenvalue weighted by atomic mass is 10.0. The highest BCUT2D eigenvalue weighted by atomic mass is 16.5. The molecule has 0 atom stereocenters. The standard InChI is InChI=1S/C38H35N7O3/c46-37(39-18-21-45-19-6-7-20-45)28-12-8-10-26(22-28)29-24-32-35(43-44-36(32)40-25-29)27-11-9-13-30(23-27)41-38(47)42-33-16-4-5-17-34(33)48-31-14-2-1-3-15-31/h1-5,8-17,22-25H,6-7,18-21H2,(H,39,46)(H,40,43,44)(H2,41,42,47). The van der Waals surface area contributed by atoms with Gasteiger partial charge in [0.2, 0.25) is 0 Å². The Hall–Kier alpha value is -6.00. The number of carbonyl (C=O) groups excluding carboxylic acids is 2. The molecule has 0 aliphatic carbocycles. The Bertz CT molecular complexity index is 2050. The summed E-state index contributed by atoms with van der Waals surface area (Å²) >= 11 is 0. The van der Waals surface area contributed by atoms with Gasteiger partial charge in [-0.1, -0.05) is 54.6 Å². The van der Waals surface area contributed by atoms with Crippen LogP contribution < -0.4 is 20.7 Å². The number of amides is 3. The zero-order valence-electron chi connectivity index (χ0n) is 26.3. The molecule has 1 aliphatic heterocycles. The number of anilines is 2. The topological polar surface area (TPSA) is 124 Å². The van der Waals surface area contributed by atoms with Crippen LogP contribution in [0.4, 0.5) is 16.2 Å². The minimum absolute atomic E-state index is 0.0883. The largest absolute Gasteiger partial charge is 0.455 e. The van der Waals surface area contributed by atoms with Crippen LogP contribution in [0.1, 0.15) is 23.2 Å². The SMILES string of the molecule is O=C(Nc1cccc(-c2n[nH]c3ncc(-c4cccc(C(=O)NCCN5CCCC5)c4)cc23)c1)Nc1ccccc1Oc1ccccc1. The molecule has 0 spiro atoms. The van der Waals surface area contributed by atoms with Crippen molar-refractivity contribution < 1.29 is 14.3 Å². The van der Waals surface area contributed by atoms with Crippen molar-refractivity contribution in [1.29, 1.82) is 0 Å². The molecule has 2 aromatic heterocycles. The first-order chi connectivity index (χ1) is 23.6. The smallest absolute Gasteiger partial charge is 0.323 e. The number of hydrogen-bond acceptors (Lipinski definition) is 6. The number of nitrogens with one attached hydrogen (secondary N) is 4. The van der Waals surface area contributed by atoms with E-state index in [1.165, 1.54) is 12.8 Å². The summed E-state index contributed by atoms with van der Waals surface area (Å²) in [5.74, 6) is 1.11. The van der Waals surface area contributed by atoms with Gasteiger partial charge in [0.15, 0.2) is 11.4 Å². The third kappa shape index (κ3) is 7.19. The van der Waals surface area contributed by atoms with E-state index in [2.05, 4.69) is 36.0 Å². The number of benzene rings is 4. The maximum atomic E-state index is 13.1. The van der Waals surface area contributed by atoms with Gasteiger partial charge in [-0.25, -0.2) is 9.78 Å². The number of rotatable bonds is 10. The number of urea groups is 1. The van der Waals surface area contributed by atoms with E-state index >= 15 is 0 Å². The first-order valence-electron chi connectivity index (χ1n) is 16.0. The highest BCUT2D eigenvalue weighted by Gasteiger charge is 2.15. The van der Waals surface area contributed by atoms with Crippen LogP contribution >= 0.6 is 0 Å². The fourth-order valence-electron chi connectivity index (χ4n) is 5.86. The lowest BCUT2D eigenvalue weighted by Crippen LogP contribution is -2.33. The Kier molecular flexibility index (Phi) is 9.06. The van der Waals surface area contributed by atoms with Crippen LogP contribution in [-0.2, 0) is 0 Å². The summed E-state index contributed by atoms with van der Waals surface area (Å²) in [7, 11) is 0. The van der Waals surface area contributed by atoms with Crippen molar-refractivity contribution in [2.45, 2.75) is 12.8 Å². The van der Waals surface area contributed by atoms with E-state index < -0.39 is 6.03 Å². The van der Waals surface area contributed by atoms with Crippen molar-refractivity contribution in [3.8, 4) is 33.9 Å². The van der Waals surface area contributed by atoms with E-state index in [1.807, 2.05) is 97.1 Å². The van der Waals surface area contributed by atoms with Gasteiger partial charge in [-0.2, -0.15) is 5.10 Å². The molecule has 10 heteroatoms. The van der Waals surface area contributed by atoms with Crippen molar-refractivity contribution in [2.24, 2.45) is 0 Å². The van der Waals surface area contributed by atoms with Gasteiger partial charge in [-0.15, -0.1) is 0 Å². The predicted octanol–water partition coefficient (Wildman–Crippen LogP) is 7.55. The molecule has 4 N–H and O–H groups in total. The van der Waals surface area contributed by atoms with Crippen LogP contribution in [0, 0.1) is 0 Å². The Morgan fingerprint density at radius 3 is 2.46 bits per heavy atom. The van der Waals surface area contributed by atoms with Gasteiger partial charge >= 0.3 is 6.03 Å². The first-order valence-corrected chi connectivity index (χ1v) is 16.0. The van der Waals surface area contributed by atoms with Gasteiger partial charge in [0.1, 0.15) is 11.4 Å². The highest BCUT2D eigenvalue weighted by molar-refractivity contribution is 6.02. The normalized spacial score (nSPS) is 12.9. The monoisotopic (exact) mass is 637 g/mol. The Morgan fingerprint density at radius 2 is 1.58 bits per heavy atom. The molecule has 3 amide bonds. The quantitative estimate of drug-likeness (QED) is 0.123. The van der Waals surface area contributed by atoms with Crippen molar-refractivity contribution in [3.63, 3.8) is 0 Å². The molecule has 48 heavy (non-hydrogen) atoms. The highest BCUT2D eigenvalue weighted by Crippen LogP contribution is 2.32. The number of H-pyrrole nitrogens is 1. The van der Waals surface area contributed by atoms with Crippen LogP contribution in [0.25, 0.3) is 33.4 Å². The molecule has 0 unspecified atom stereocenters. The van der Waals surface area contributed by atoms with Crippen LogP contribution in [0.2, 0.25) is 0 Å². The van der Waals surface area contributed by atoms with Gasteiger partial charge in [-0.3, -0.25) is 9.89 Å². The second-order valence-electron chi connectivity index (χ2n) is 11.6. The van der Waals surface area contributed by atoms with E-state index in [9.17, 15) is 9.59 Å². The number of fused-ring (bicyclic) bond motifs is 1. The average molecular weight is 638 g/mol. The number of aromatic nitrogens is 3. The molecule has 0 saturated carbocycles. The Labute approximate surface area is 278 Å². The molecular formula is C38H35N7O3. The second kappa shape index (κ2) is 14.2. The molecule has 240 valence electrons. The fourth-order valence-corrected chi connectivity index (χ4v) is 5.86. The zero-order valence-corrected chi connectivity index (χ0v) is 26.3. The minimum Gasteiger partial charge on any atom is -0.455 e. The van der Waals surface area contributed by atoms with E-state index in [0.29, 0.717) is 46.3 Å². The third-order valence-corrected chi connectivity index (χ3v) is 8.29. The lowest BCUT2D eigenvalue weighted by molar-refractivity contribution is 0.0949. The fraction of sp³-hybridized carbons (Fsp3) is 0.158. The molecule has 6 aromatic rings. The maximum Gasteiger partial charge on any atom is 0.323 e. The van der Waals surface area contributed by atoms with E-state index in [-0.39, 0.29) is 5.91 Å². The Morgan fingerprint density at radius 1 is 0.792 bits per heavy atom. The summed E-state index contributed by atoms with van der Waals surface area (Å²) < 4.78 is 5.98. The van der Waals surface area contributed by atoms with Crippen LogP contribution in [-0.4, -0.2) is 58.2 Å². The summed E-state index contributed by atoms with van der Waals surface area (Å²) in [6.07, 6.45) is 4.23. The van der Waals surface area contributed by atoms with Gasteiger partial charge < -0.3 is 25.6 Å². The number of para-hydroxylation sites is 3. The molecule has 1 saturated heterocycles. The Balaban J connectivity index is 1.05. The molecule has 0 bridgehead atoms. The summed E-state index contributed by atoms with van der Waals surface area (Å²) in [5, 5.41) is 17.2. The third-order valence-electron chi connectivity index (χ3n) is 8.29. The summed E-state index contributed by atoms with van der Waals surface area (Å²) in [5.41, 5.74) is 5.61. The molecule has 1 fully saturated rings. The van der Waals surface area contributed by atoms with Crippen molar-refractivity contribution in [3.05, 3.63) is 121 Å². The second-order valence-corrected chi connectivity index (χ2v) is 11.6. The van der Waals surface area contributed by atoms with Gasteiger partial charge in [-0.05, 0) is 86.1 Å². The van der Waals surface area contributed by atoms with Crippen LogP contribution in [0.5, 0.6) is 11.5 Å². The van der Waals surface area contributed by atoms with Crippen molar-refractivity contribution in [2.75, 3.05) is 36.8 Å². The number of likely N-dealkylation sites (tertiary alicyclic amines) is 1. The molecule has 7 rings (SSSR count). The van der Waals surface area contributed by atoms with Crippen molar-refractivity contribution in [1.82, 2.24) is 25.4 Å². The maximum absolute atomic E-state index is 13.1. The van der Waals surface area contributed by atoms with E-state index in [1.54, 1.807) is 18.3 Å². The number of pyridine rings is 1. The number of aromatic amines is 1. The number of nitrogens with zero attached hydrogens (tertiary/aromatic N) is 3.